The first-order chi connectivity index (χ1) is 10.9. The molecule has 1 fully saturated rings. The molecule has 4 nitrogen and oxygen atoms in total. The van der Waals surface area contributed by atoms with Crippen molar-refractivity contribution in [1.82, 2.24) is 4.90 Å². The number of morpholine rings is 1. The SMILES string of the molecule is CC(=O)CCc1cc(OCCN2CCOC(C)(C)C2)ccc1C. The molecule has 1 saturated heterocycles. The van der Waals surface area contributed by atoms with Crippen molar-refractivity contribution in [2.75, 3.05) is 32.8 Å². The van der Waals surface area contributed by atoms with Crippen LogP contribution in [0.2, 0.25) is 0 Å². The molecule has 0 N–H and O–H groups in total. The van der Waals surface area contributed by atoms with Gasteiger partial charge in [-0.1, -0.05) is 6.07 Å². The van der Waals surface area contributed by atoms with Gasteiger partial charge in [-0.05, 0) is 57.4 Å². The summed E-state index contributed by atoms with van der Waals surface area (Å²) in [6.45, 7) is 12.2. The highest BCUT2D eigenvalue weighted by molar-refractivity contribution is 5.75. The van der Waals surface area contributed by atoms with Crippen molar-refractivity contribution >= 4 is 5.78 Å². The van der Waals surface area contributed by atoms with Crippen LogP contribution in [-0.4, -0.2) is 49.1 Å². The summed E-state index contributed by atoms with van der Waals surface area (Å²) in [5.74, 6) is 1.12. The molecule has 0 radical (unpaired) electrons. The molecule has 1 aromatic rings. The highest BCUT2D eigenvalue weighted by Gasteiger charge is 2.26. The second-order valence-electron chi connectivity index (χ2n) is 7.02. The Balaban J connectivity index is 1.83. The third kappa shape index (κ3) is 5.96. The molecular weight excluding hydrogens is 290 g/mol. The van der Waals surface area contributed by atoms with Gasteiger partial charge in [0.2, 0.25) is 0 Å². The normalized spacial score (nSPS) is 17.9. The fourth-order valence-electron chi connectivity index (χ4n) is 2.92. The number of rotatable bonds is 7. The van der Waals surface area contributed by atoms with Crippen LogP contribution in [0, 0.1) is 6.92 Å². The Morgan fingerprint density at radius 3 is 2.87 bits per heavy atom. The summed E-state index contributed by atoms with van der Waals surface area (Å²) in [6, 6.07) is 6.15. The number of aryl methyl sites for hydroxylation is 2. The number of Topliss-reactive ketones (excluding diaryl/α,β-unsaturated/α-hetero) is 1. The van der Waals surface area contributed by atoms with Gasteiger partial charge in [0.15, 0.2) is 0 Å². The molecule has 4 heteroatoms. The molecule has 0 unspecified atom stereocenters. The van der Waals surface area contributed by atoms with Crippen LogP contribution in [0.15, 0.2) is 18.2 Å². The number of benzene rings is 1. The fourth-order valence-corrected chi connectivity index (χ4v) is 2.92. The monoisotopic (exact) mass is 319 g/mol. The van der Waals surface area contributed by atoms with Crippen LogP contribution in [0.4, 0.5) is 0 Å². The minimum Gasteiger partial charge on any atom is -0.492 e. The smallest absolute Gasteiger partial charge is 0.130 e. The number of ketones is 1. The zero-order chi connectivity index (χ0) is 16.9. The molecule has 0 amide bonds. The van der Waals surface area contributed by atoms with E-state index in [9.17, 15) is 4.79 Å². The summed E-state index contributed by atoms with van der Waals surface area (Å²) >= 11 is 0. The third-order valence-corrected chi connectivity index (χ3v) is 4.25. The van der Waals surface area contributed by atoms with Crippen molar-refractivity contribution in [3.05, 3.63) is 29.3 Å². The molecule has 1 aliphatic heterocycles. The molecule has 1 aromatic carbocycles. The minimum atomic E-state index is -0.0675. The average molecular weight is 319 g/mol. The van der Waals surface area contributed by atoms with Crippen LogP contribution in [0.25, 0.3) is 0 Å². The molecule has 0 aromatic heterocycles. The molecule has 0 atom stereocenters. The maximum Gasteiger partial charge on any atom is 0.130 e. The summed E-state index contributed by atoms with van der Waals surface area (Å²) < 4.78 is 11.6. The van der Waals surface area contributed by atoms with Gasteiger partial charge in [-0.3, -0.25) is 4.90 Å². The predicted octanol–water partition coefficient (Wildman–Crippen LogP) is 3.01. The van der Waals surface area contributed by atoms with Crippen molar-refractivity contribution < 1.29 is 14.3 Å². The van der Waals surface area contributed by atoms with Crippen molar-refractivity contribution in [2.24, 2.45) is 0 Å². The second kappa shape index (κ2) is 7.93. The fraction of sp³-hybridized carbons (Fsp3) is 0.632. The van der Waals surface area contributed by atoms with Gasteiger partial charge in [0, 0.05) is 26.1 Å². The van der Waals surface area contributed by atoms with E-state index in [1.807, 2.05) is 6.07 Å². The molecular formula is C19H29NO3. The van der Waals surface area contributed by atoms with Gasteiger partial charge >= 0.3 is 0 Å². The van der Waals surface area contributed by atoms with Gasteiger partial charge in [0.25, 0.3) is 0 Å². The van der Waals surface area contributed by atoms with Gasteiger partial charge in [-0.25, -0.2) is 0 Å². The van der Waals surface area contributed by atoms with E-state index in [4.69, 9.17) is 9.47 Å². The zero-order valence-corrected chi connectivity index (χ0v) is 14.9. The van der Waals surface area contributed by atoms with Crippen LogP contribution < -0.4 is 4.74 Å². The number of hydrogen-bond acceptors (Lipinski definition) is 4. The van der Waals surface area contributed by atoms with Crippen molar-refractivity contribution in [1.29, 1.82) is 0 Å². The summed E-state index contributed by atoms with van der Waals surface area (Å²) in [7, 11) is 0. The lowest BCUT2D eigenvalue weighted by molar-refractivity contribution is -0.116. The Hall–Kier alpha value is -1.39. The van der Waals surface area contributed by atoms with Gasteiger partial charge < -0.3 is 14.3 Å². The molecule has 1 aliphatic rings. The largest absolute Gasteiger partial charge is 0.492 e. The Morgan fingerprint density at radius 2 is 2.17 bits per heavy atom. The van der Waals surface area contributed by atoms with Crippen LogP contribution in [-0.2, 0) is 16.0 Å². The van der Waals surface area contributed by atoms with Crippen molar-refractivity contribution in [2.45, 2.75) is 46.1 Å². The van der Waals surface area contributed by atoms with Crippen LogP contribution in [0.1, 0.15) is 38.3 Å². The predicted molar refractivity (Wildman–Crippen MR) is 92.1 cm³/mol. The van der Waals surface area contributed by atoms with E-state index in [1.54, 1.807) is 6.92 Å². The molecule has 0 aliphatic carbocycles. The minimum absolute atomic E-state index is 0.0675. The van der Waals surface area contributed by atoms with Gasteiger partial charge in [0.05, 0.1) is 12.2 Å². The maximum atomic E-state index is 11.2. The van der Waals surface area contributed by atoms with E-state index in [-0.39, 0.29) is 11.4 Å². The van der Waals surface area contributed by atoms with E-state index >= 15 is 0 Å². The third-order valence-electron chi connectivity index (χ3n) is 4.25. The standard InChI is InChI=1S/C19H29NO3/c1-15-5-8-18(13-17(15)7-6-16(2)21)22-11-9-20-10-12-23-19(3,4)14-20/h5,8,13H,6-7,9-12,14H2,1-4H3. The molecule has 23 heavy (non-hydrogen) atoms. The van der Waals surface area contributed by atoms with E-state index < -0.39 is 0 Å². The number of hydrogen-bond donors (Lipinski definition) is 0. The first-order valence-electron chi connectivity index (χ1n) is 8.44. The second-order valence-corrected chi connectivity index (χ2v) is 7.02. The molecule has 128 valence electrons. The molecule has 0 saturated carbocycles. The highest BCUT2D eigenvalue weighted by Crippen LogP contribution is 2.20. The molecule has 0 bridgehead atoms. The van der Waals surface area contributed by atoms with Crippen molar-refractivity contribution in [3.63, 3.8) is 0 Å². The molecule has 0 spiro atoms. The van der Waals surface area contributed by atoms with Crippen LogP contribution >= 0.6 is 0 Å². The van der Waals surface area contributed by atoms with E-state index in [0.717, 1.165) is 38.4 Å². The molecule has 2 rings (SSSR count). The summed E-state index contributed by atoms with van der Waals surface area (Å²) in [5.41, 5.74) is 2.35. The van der Waals surface area contributed by atoms with Crippen LogP contribution in [0.3, 0.4) is 0 Å². The molecule has 1 heterocycles. The van der Waals surface area contributed by atoms with Crippen LogP contribution in [0.5, 0.6) is 5.75 Å². The summed E-state index contributed by atoms with van der Waals surface area (Å²) in [6.07, 6.45) is 1.38. The van der Waals surface area contributed by atoms with E-state index in [0.29, 0.717) is 13.0 Å². The van der Waals surface area contributed by atoms with E-state index in [2.05, 4.69) is 37.8 Å². The lowest BCUT2D eigenvalue weighted by Crippen LogP contribution is -2.49. The Labute approximate surface area is 139 Å². The number of nitrogens with zero attached hydrogens (tertiary/aromatic N) is 1. The number of carbonyl (C=O) groups excluding carboxylic acids is 1. The Kier molecular flexibility index (Phi) is 6.19. The average Bonchev–Trinajstić information content (AvgIpc) is 2.46. The summed E-state index contributed by atoms with van der Waals surface area (Å²) in [4.78, 5) is 13.5. The maximum absolute atomic E-state index is 11.2. The highest BCUT2D eigenvalue weighted by atomic mass is 16.5. The lowest BCUT2D eigenvalue weighted by atomic mass is 10.0. The van der Waals surface area contributed by atoms with Gasteiger partial charge in [-0.2, -0.15) is 0 Å². The topological polar surface area (TPSA) is 38.8 Å². The first kappa shape index (κ1) is 18.0. The quantitative estimate of drug-likeness (QED) is 0.774. The van der Waals surface area contributed by atoms with Gasteiger partial charge in [0.1, 0.15) is 18.1 Å². The first-order valence-corrected chi connectivity index (χ1v) is 8.44. The lowest BCUT2D eigenvalue weighted by Gasteiger charge is -2.38. The number of ether oxygens (including phenoxy) is 2. The summed E-state index contributed by atoms with van der Waals surface area (Å²) in [5, 5.41) is 0. The zero-order valence-electron chi connectivity index (χ0n) is 14.9. The Bertz CT molecular complexity index is 539. The Morgan fingerprint density at radius 1 is 1.39 bits per heavy atom. The van der Waals surface area contributed by atoms with Crippen molar-refractivity contribution in [3.8, 4) is 5.75 Å². The van der Waals surface area contributed by atoms with E-state index in [1.165, 1.54) is 11.1 Å². The number of carbonyl (C=O) groups is 1. The van der Waals surface area contributed by atoms with Gasteiger partial charge in [-0.15, -0.1) is 0 Å².